The van der Waals surface area contributed by atoms with E-state index in [1.807, 2.05) is 24.8 Å². The number of nitrogens with two attached hydrogens (primary N) is 1. The van der Waals surface area contributed by atoms with Gasteiger partial charge in [0.1, 0.15) is 5.54 Å². The number of hydrogen-bond acceptors (Lipinski definition) is 5. The second-order valence-corrected chi connectivity index (χ2v) is 5.70. The highest BCUT2D eigenvalue weighted by Crippen LogP contribution is 2.30. The average Bonchev–Trinajstić information content (AvgIpc) is 2.45. The van der Waals surface area contributed by atoms with Gasteiger partial charge in [-0.25, -0.2) is 4.79 Å². The van der Waals surface area contributed by atoms with Crippen LogP contribution in [0, 0.1) is 0 Å². The van der Waals surface area contributed by atoms with E-state index in [4.69, 9.17) is 10.5 Å². The molecule has 0 saturated carbocycles. The molecule has 0 bridgehead atoms. The molecule has 0 atom stereocenters. The number of ether oxygens (including phenoxy) is 1. The van der Waals surface area contributed by atoms with Crippen molar-refractivity contribution in [3.05, 3.63) is 23.8 Å². The van der Waals surface area contributed by atoms with Crippen molar-refractivity contribution in [3.63, 3.8) is 0 Å². The molecule has 0 aromatic heterocycles. The molecule has 0 aliphatic carbocycles. The third kappa shape index (κ3) is 2.53. The van der Waals surface area contributed by atoms with Gasteiger partial charge in [-0.05, 0) is 32.0 Å². The maximum atomic E-state index is 12.3. The van der Waals surface area contributed by atoms with Gasteiger partial charge in [-0.2, -0.15) is 0 Å². The second kappa shape index (κ2) is 5.27. The lowest BCUT2D eigenvalue weighted by atomic mass is 9.96. The van der Waals surface area contributed by atoms with Gasteiger partial charge < -0.3 is 20.3 Å². The Hall–Kier alpha value is -2.24. The minimum absolute atomic E-state index is 0.0465. The summed E-state index contributed by atoms with van der Waals surface area (Å²) in [6, 6.07) is 5.17. The fourth-order valence-electron chi connectivity index (χ4n) is 2.66. The topological polar surface area (TPSA) is 75.9 Å². The molecular weight excluding hydrogens is 270 g/mol. The van der Waals surface area contributed by atoms with Crippen molar-refractivity contribution in [2.24, 2.45) is 0 Å². The zero-order valence-corrected chi connectivity index (χ0v) is 12.8. The van der Waals surface area contributed by atoms with Crippen LogP contribution in [0.5, 0.6) is 0 Å². The molecule has 0 spiro atoms. The monoisotopic (exact) mass is 291 g/mol. The molecule has 6 heteroatoms. The first kappa shape index (κ1) is 15.2. The zero-order chi connectivity index (χ0) is 15.8. The van der Waals surface area contributed by atoms with Crippen molar-refractivity contribution in [1.82, 2.24) is 4.90 Å². The molecule has 1 aromatic rings. The standard InChI is InChI=1S/C15H21N3O3/c1-15(2)14(20)17(3)7-8-18(15)10-5-6-12(16)11(9-10)13(19)21-4/h5-6,9H,7-8,16H2,1-4H3. The lowest BCUT2D eigenvalue weighted by molar-refractivity contribution is -0.136. The van der Waals surface area contributed by atoms with Crippen molar-refractivity contribution in [2.75, 3.05) is 37.9 Å². The number of anilines is 2. The third-order valence-electron chi connectivity index (χ3n) is 3.96. The van der Waals surface area contributed by atoms with Gasteiger partial charge in [0, 0.05) is 31.5 Å². The van der Waals surface area contributed by atoms with Gasteiger partial charge >= 0.3 is 5.97 Å². The number of likely N-dealkylation sites (N-methyl/N-ethyl adjacent to an activating group) is 1. The van der Waals surface area contributed by atoms with Crippen molar-refractivity contribution in [3.8, 4) is 0 Å². The number of nitrogens with zero attached hydrogens (tertiary/aromatic N) is 2. The van der Waals surface area contributed by atoms with Crippen LogP contribution in [0.3, 0.4) is 0 Å². The van der Waals surface area contributed by atoms with Crippen LogP contribution in [0.4, 0.5) is 11.4 Å². The number of benzene rings is 1. The number of piperazine rings is 1. The van der Waals surface area contributed by atoms with Crippen LogP contribution >= 0.6 is 0 Å². The molecule has 1 saturated heterocycles. The van der Waals surface area contributed by atoms with E-state index in [1.54, 1.807) is 24.1 Å². The third-order valence-corrected chi connectivity index (χ3v) is 3.96. The highest BCUT2D eigenvalue weighted by atomic mass is 16.5. The van der Waals surface area contributed by atoms with Gasteiger partial charge in [-0.1, -0.05) is 0 Å². The molecule has 6 nitrogen and oxygen atoms in total. The second-order valence-electron chi connectivity index (χ2n) is 5.70. The Morgan fingerprint density at radius 2 is 2.00 bits per heavy atom. The summed E-state index contributed by atoms with van der Waals surface area (Å²) in [4.78, 5) is 27.8. The largest absolute Gasteiger partial charge is 0.465 e. The molecule has 1 aromatic carbocycles. The van der Waals surface area contributed by atoms with E-state index in [2.05, 4.69) is 0 Å². The first-order chi connectivity index (χ1) is 9.78. The van der Waals surface area contributed by atoms with Gasteiger partial charge in [0.2, 0.25) is 5.91 Å². The summed E-state index contributed by atoms with van der Waals surface area (Å²) in [7, 11) is 3.11. The predicted molar refractivity (Wildman–Crippen MR) is 81.3 cm³/mol. The highest BCUT2D eigenvalue weighted by Gasteiger charge is 2.40. The van der Waals surface area contributed by atoms with Crippen LogP contribution in [-0.2, 0) is 9.53 Å². The first-order valence-electron chi connectivity index (χ1n) is 6.80. The fraction of sp³-hybridized carbons (Fsp3) is 0.467. The number of carbonyl (C=O) groups is 2. The maximum absolute atomic E-state index is 12.3. The van der Waals surface area contributed by atoms with Gasteiger partial charge in [0.05, 0.1) is 12.7 Å². The lowest BCUT2D eigenvalue weighted by Crippen LogP contribution is -2.62. The minimum atomic E-state index is -0.670. The van der Waals surface area contributed by atoms with Crippen LogP contribution in [0.2, 0.25) is 0 Å². The molecule has 1 heterocycles. The Kier molecular flexibility index (Phi) is 3.80. The molecule has 2 rings (SSSR count). The number of nitrogen functional groups attached to an aromatic ring is 1. The van der Waals surface area contributed by atoms with E-state index in [-0.39, 0.29) is 5.91 Å². The Balaban J connectivity index is 2.42. The van der Waals surface area contributed by atoms with E-state index >= 15 is 0 Å². The van der Waals surface area contributed by atoms with Crippen molar-refractivity contribution in [2.45, 2.75) is 19.4 Å². The summed E-state index contributed by atoms with van der Waals surface area (Å²) in [5, 5.41) is 0. The molecule has 0 radical (unpaired) electrons. The number of carbonyl (C=O) groups excluding carboxylic acids is 2. The van der Waals surface area contributed by atoms with E-state index in [9.17, 15) is 9.59 Å². The number of rotatable bonds is 2. The van der Waals surface area contributed by atoms with Gasteiger partial charge in [0.15, 0.2) is 0 Å². The Morgan fingerprint density at radius 3 is 2.62 bits per heavy atom. The van der Waals surface area contributed by atoms with E-state index in [0.717, 1.165) is 5.69 Å². The highest BCUT2D eigenvalue weighted by molar-refractivity contribution is 5.97. The summed E-state index contributed by atoms with van der Waals surface area (Å²) in [6.45, 7) is 5.08. The van der Waals surface area contributed by atoms with Gasteiger partial charge in [0.25, 0.3) is 0 Å². The van der Waals surface area contributed by atoms with Crippen LogP contribution < -0.4 is 10.6 Å². The van der Waals surface area contributed by atoms with Gasteiger partial charge in [-0.3, -0.25) is 4.79 Å². The molecule has 0 unspecified atom stereocenters. The number of esters is 1. The molecule has 2 N–H and O–H groups in total. The lowest BCUT2D eigenvalue weighted by Gasteiger charge is -2.46. The molecule has 21 heavy (non-hydrogen) atoms. The van der Waals surface area contributed by atoms with Crippen LogP contribution in [0.25, 0.3) is 0 Å². The van der Waals surface area contributed by atoms with Crippen molar-refractivity contribution >= 4 is 23.3 Å². The van der Waals surface area contributed by atoms with Crippen LogP contribution in [0.1, 0.15) is 24.2 Å². The molecule has 1 aliphatic heterocycles. The zero-order valence-electron chi connectivity index (χ0n) is 12.8. The first-order valence-corrected chi connectivity index (χ1v) is 6.80. The maximum Gasteiger partial charge on any atom is 0.340 e. The quantitative estimate of drug-likeness (QED) is 0.652. The summed E-state index contributed by atoms with van der Waals surface area (Å²) >= 11 is 0. The number of methoxy groups -OCH3 is 1. The summed E-state index contributed by atoms with van der Waals surface area (Å²) in [5.41, 5.74) is 6.62. The number of hydrogen-bond donors (Lipinski definition) is 1. The summed E-state index contributed by atoms with van der Waals surface area (Å²) in [5.74, 6) is -0.433. The normalized spacial score (nSPS) is 17.8. The van der Waals surface area contributed by atoms with Crippen LogP contribution in [-0.4, -0.2) is 49.6 Å². The molecule has 1 amide bonds. The predicted octanol–water partition coefficient (Wildman–Crippen LogP) is 1.11. The summed E-state index contributed by atoms with van der Waals surface area (Å²) < 4.78 is 4.74. The molecule has 1 fully saturated rings. The molecular formula is C15H21N3O3. The Bertz CT molecular complexity index is 584. The van der Waals surface area contributed by atoms with Crippen molar-refractivity contribution < 1.29 is 14.3 Å². The van der Waals surface area contributed by atoms with E-state index in [0.29, 0.717) is 24.3 Å². The smallest absolute Gasteiger partial charge is 0.340 e. The Morgan fingerprint density at radius 1 is 1.33 bits per heavy atom. The van der Waals surface area contributed by atoms with Gasteiger partial charge in [-0.15, -0.1) is 0 Å². The SMILES string of the molecule is COC(=O)c1cc(N2CCN(C)C(=O)C2(C)C)ccc1N. The number of amides is 1. The Labute approximate surface area is 124 Å². The molecule has 1 aliphatic rings. The average molecular weight is 291 g/mol. The molecule has 114 valence electrons. The fourth-order valence-corrected chi connectivity index (χ4v) is 2.66. The van der Waals surface area contributed by atoms with Crippen molar-refractivity contribution in [1.29, 1.82) is 0 Å². The summed E-state index contributed by atoms with van der Waals surface area (Å²) in [6.07, 6.45) is 0. The van der Waals surface area contributed by atoms with E-state index in [1.165, 1.54) is 7.11 Å². The van der Waals surface area contributed by atoms with Crippen LogP contribution in [0.15, 0.2) is 18.2 Å². The minimum Gasteiger partial charge on any atom is -0.465 e. The van der Waals surface area contributed by atoms with E-state index < -0.39 is 11.5 Å².